The molecular formula is C14H23NO2. The smallest absolute Gasteiger partial charge is 0.119 e. The van der Waals surface area contributed by atoms with Crippen LogP contribution in [0.3, 0.4) is 0 Å². The zero-order chi connectivity index (χ0) is 12.7. The predicted molar refractivity (Wildman–Crippen MR) is 70.3 cm³/mol. The molecule has 0 aromatic heterocycles. The SMILES string of the molecule is CCC(C)CNCC(O)c1cccc(OC)c1. The third-order valence-electron chi connectivity index (χ3n) is 3.01. The topological polar surface area (TPSA) is 41.5 Å². The Balaban J connectivity index is 2.43. The highest BCUT2D eigenvalue weighted by Crippen LogP contribution is 2.18. The number of methoxy groups -OCH3 is 1. The lowest BCUT2D eigenvalue weighted by Gasteiger charge is -2.15. The lowest BCUT2D eigenvalue weighted by atomic mass is 10.1. The fourth-order valence-electron chi connectivity index (χ4n) is 1.58. The van der Waals surface area contributed by atoms with Crippen LogP contribution in [0.15, 0.2) is 24.3 Å². The summed E-state index contributed by atoms with van der Waals surface area (Å²) in [5.41, 5.74) is 0.890. The third-order valence-corrected chi connectivity index (χ3v) is 3.01. The van der Waals surface area contributed by atoms with E-state index < -0.39 is 6.10 Å². The average Bonchev–Trinajstić information content (AvgIpc) is 2.38. The van der Waals surface area contributed by atoms with E-state index in [-0.39, 0.29) is 0 Å². The summed E-state index contributed by atoms with van der Waals surface area (Å²) < 4.78 is 5.13. The highest BCUT2D eigenvalue weighted by molar-refractivity contribution is 5.29. The van der Waals surface area contributed by atoms with Gasteiger partial charge in [0.25, 0.3) is 0 Å². The maximum atomic E-state index is 10.0. The maximum Gasteiger partial charge on any atom is 0.119 e. The number of ether oxygens (including phenoxy) is 1. The summed E-state index contributed by atoms with van der Waals surface area (Å²) in [4.78, 5) is 0. The normalized spacial score (nSPS) is 14.4. The van der Waals surface area contributed by atoms with Gasteiger partial charge >= 0.3 is 0 Å². The second kappa shape index (κ2) is 7.30. The Labute approximate surface area is 104 Å². The van der Waals surface area contributed by atoms with E-state index in [1.807, 2.05) is 24.3 Å². The van der Waals surface area contributed by atoms with E-state index in [1.54, 1.807) is 7.11 Å². The lowest BCUT2D eigenvalue weighted by Crippen LogP contribution is -2.26. The largest absolute Gasteiger partial charge is 0.497 e. The summed E-state index contributed by atoms with van der Waals surface area (Å²) in [5.74, 6) is 1.43. The minimum absolute atomic E-state index is 0.478. The van der Waals surface area contributed by atoms with Gasteiger partial charge in [-0.1, -0.05) is 32.4 Å². The van der Waals surface area contributed by atoms with Gasteiger partial charge in [0, 0.05) is 6.54 Å². The van der Waals surface area contributed by atoms with Gasteiger partial charge in [0.2, 0.25) is 0 Å². The molecule has 2 N–H and O–H groups in total. The van der Waals surface area contributed by atoms with Crippen LogP contribution >= 0.6 is 0 Å². The molecule has 0 aliphatic rings. The second-order valence-electron chi connectivity index (χ2n) is 4.46. The van der Waals surface area contributed by atoms with Crippen molar-refractivity contribution in [3.63, 3.8) is 0 Å². The summed E-state index contributed by atoms with van der Waals surface area (Å²) in [6.07, 6.45) is 0.677. The highest BCUT2D eigenvalue weighted by atomic mass is 16.5. The summed E-state index contributed by atoms with van der Waals surface area (Å²) in [6, 6.07) is 7.56. The van der Waals surface area contributed by atoms with Crippen molar-refractivity contribution in [1.82, 2.24) is 5.32 Å². The van der Waals surface area contributed by atoms with Crippen molar-refractivity contribution in [2.75, 3.05) is 20.2 Å². The Kier molecular flexibility index (Phi) is 6.01. The number of benzene rings is 1. The number of aliphatic hydroxyl groups excluding tert-OH is 1. The van der Waals surface area contributed by atoms with E-state index in [4.69, 9.17) is 4.74 Å². The van der Waals surface area contributed by atoms with Crippen LogP contribution < -0.4 is 10.1 Å². The van der Waals surface area contributed by atoms with Crippen molar-refractivity contribution in [3.8, 4) is 5.75 Å². The van der Waals surface area contributed by atoms with Gasteiger partial charge in [0.15, 0.2) is 0 Å². The van der Waals surface area contributed by atoms with E-state index in [0.29, 0.717) is 12.5 Å². The van der Waals surface area contributed by atoms with E-state index in [0.717, 1.165) is 24.3 Å². The van der Waals surface area contributed by atoms with Crippen LogP contribution in [0.25, 0.3) is 0 Å². The molecule has 0 aliphatic carbocycles. The highest BCUT2D eigenvalue weighted by Gasteiger charge is 2.08. The first-order valence-electron chi connectivity index (χ1n) is 6.20. The fourth-order valence-corrected chi connectivity index (χ4v) is 1.58. The Morgan fingerprint density at radius 2 is 2.12 bits per heavy atom. The molecule has 3 nitrogen and oxygen atoms in total. The Morgan fingerprint density at radius 1 is 1.35 bits per heavy atom. The molecule has 0 radical (unpaired) electrons. The Morgan fingerprint density at radius 3 is 2.76 bits per heavy atom. The molecular weight excluding hydrogens is 214 g/mol. The molecule has 1 aromatic carbocycles. The van der Waals surface area contributed by atoms with Crippen LogP contribution in [0.4, 0.5) is 0 Å². The quantitative estimate of drug-likeness (QED) is 0.765. The number of nitrogens with one attached hydrogen (secondary N) is 1. The maximum absolute atomic E-state index is 10.0. The summed E-state index contributed by atoms with van der Waals surface area (Å²) in [7, 11) is 1.63. The molecule has 0 spiro atoms. The second-order valence-corrected chi connectivity index (χ2v) is 4.46. The van der Waals surface area contributed by atoms with Crippen LogP contribution in [-0.2, 0) is 0 Å². The molecule has 0 aliphatic heterocycles. The molecule has 0 bridgehead atoms. The van der Waals surface area contributed by atoms with Crippen LogP contribution in [0.2, 0.25) is 0 Å². The molecule has 96 valence electrons. The van der Waals surface area contributed by atoms with E-state index in [2.05, 4.69) is 19.2 Å². The minimum atomic E-state index is -0.478. The van der Waals surface area contributed by atoms with E-state index >= 15 is 0 Å². The number of hydrogen-bond donors (Lipinski definition) is 2. The van der Waals surface area contributed by atoms with E-state index in [9.17, 15) is 5.11 Å². The zero-order valence-corrected chi connectivity index (χ0v) is 10.9. The first-order chi connectivity index (χ1) is 8.17. The monoisotopic (exact) mass is 237 g/mol. The van der Waals surface area contributed by atoms with Crippen molar-refractivity contribution in [2.24, 2.45) is 5.92 Å². The first kappa shape index (κ1) is 14.0. The van der Waals surface area contributed by atoms with Gasteiger partial charge < -0.3 is 15.2 Å². The number of aliphatic hydroxyl groups is 1. The molecule has 3 heteroatoms. The summed E-state index contributed by atoms with van der Waals surface area (Å²) in [6.45, 7) is 5.89. The van der Waals surface area contributed by atoms with Gasteiger partial charge in [-0.05, 0) is 30.2 Å². The predicted octanol–water partition coefficient (Wildman–Crippen LogP) is 2.36. The molecule has 0 amide bonds. The van der Waals surface area contributed by atoms with Crippen LogP contribution in [0.1, 0.15) is 31.9 Å². The van der Waals surface area contributed by atoms with Gasteiger partial charge in [-0.2, -0.15) is 0 Å². The number of hydrogen-bond acceptors (Lipinski definition) is 3. The van der Waals surface area contributed by atoms with Gasteiger partial charge in [0.05, 0.1) is 13.2 Å². The van der Waals surface area contributed by atoms with Gasteiger partial charge in [-0.15, -0.1) is 0 Å². The average molecular weight is 237 g/mol. The van der Waals surface area contributed by atoms with Crippen molar-refractivity contribution < 1.29 is 9.84 Å². The van der Waals surface area contributed by atoms with Crippen molar-refractivity contribution in [2.45, 2.75) is 26.4 Å². The standard InChI is InChI=1S/C14H23NO2/c1-4-11(2)9-15-10-14(16)12-6-5-7-13(8-12)17-3/h5-8,11,14-16H,4,9-10H2,1-3H3. The molecule has 0 heterocycles. The van der Waals surface area contributed by atoms with Crippen LogP contribution in [0, 0.1) is 5.92 Å². The summed E-state index contributed by atoms with van der Waals surface area (Å²) >= 11 is 0. The van der Waals surface area contributed by atoms with Crippen LogP contribution in [0.5, 0.6) is 5.75 Å². The third kappa shape index (κ3) is 4.75. The fraction of sp³-hybridized carbons (Fsp3) is 0.571. The van der Waals surface area contributed by atoms with Gasteiger partial charge in [-0.3, -0.25) is 0 Å². The molecule has 17 heavy (non-hydrogen) atoms. The molecule has 0 saturated carbocycles. The van der Waals surface area contributed by atoms with Crippen molar-refractivity contribution in [1.29, 1.82) is 0 Å². The Hall–Kier alpha value is -1.06. The van der Waals surface area contributed by atoms with Crippen molar-refractivity contribution >= 4 is 0 Å². The summed E-state index contributed by atoms with van der Waals surface area (Å²) in [5, 5.41) is 13.3. The molecule has 1 aromatic rings. The molecule has 2 unspecified atom stereocenters. The number of rotatable bonds is 7. The Bertz CT molecular complexity index is 328. The first-order valence-corrected chi connectivity index (χ1v) is 6.20. The van der Waals surface area contributed by atoms with Gasteiger partial charge in [0.1, 0.15) is 5.75 Å². The van der Waals surface area contributed by atoms with Crippen LogP contribution in [-0.4, -0.2) is 25.3 Å². The molecule has 1 rings (SSSR count). The molecule has 0 fully saturated rings. The zero-order valence-electron chi connectivity index (χ0n) is 10.9. The lowest BCUT2D eigenvalue weighted by molar-refractivity contribution is 0.172. The minimum Gasteiger partial charge on any atom is -0.497 e. The van der Waals surface area contributed by atoms with Crippen molar-refractivity contribution in [3.05, 3.63) is 29.8 Å². The van der Waals surface area contributed by atoms with Gasteiger partial charge in [-0.25, -0.2) is 0 Å². The van der Waals surface area contributed by atoms with E-state index in [1.165, 1.54) is 0 Å². The molecule has 0 saturated heterocycles. The molecule has 2 atom stereocenters.